The van der Waals surface area contributed by atoms with E-state index in [4.69, 9.17) is 4.74 Å². The van der Waals surface area contributed by atoms with Gasteiger partial charge in [-0.25, -0.2) is 0 Å². The highest BCUT2D eigenvalue weighted by Crippen LogP contribution is 2.21. The zero-order valence-corrected chi connectivity index (χ0v) is 12.2. The van der Waals surface area contributed by atoms with E-state index in [0.29, 0.717) is 6.04 Å². The molecule has 1 saturated heterocycles. The van der Waals surface area contributed by atoms with Crippen LogP contribution < -0.4 is 5.32 Å². The largest absolute Gasteiger partial charge is 0.367 e. The SMILES string of the molecule is CNC1CCCCC1OCC(=O)N1CCCCCC1. The van der Waals surface area contributed by atoms with Crippen molar-refractivity contribution in [1.82, 2.24) is 10.2 Å². The number of hydrogen-bond acceptors (Lipinski definition) is 3. The zero-order chi connectivity index (χ0) is 13.5. The van der Waals surface area contributed by atoms with Crippen LogP contribution in [0.3, 0.4) is 0 Å². The van der Waals surface area contributed by atoms with E-state index in [0.717, 1.165) is 32.4 Å². The van der Waals surface area contributed by atoms with Crippen molar-refractivity contribution in [3.8, 4) is 0 Å². The Morgan fingerprint density at radius 3 is 2.47 bits per heavy atom. The van der Waals surface area contributed by atoms with Gasteiger partial charge >= 0.3 is 0 Å². The standard InChI is InChI=1S/C15H28N2O2/c1-16-13-8-4-5-9-14(13)19-12-15(18)17-10-6-2-3-7-11-17/h13-14,16H,2-12H2,1H3. The van der Waals surface area contributed by atoms with Crippen molar-refractivity contribution in [1.29, 1.82) is 0 Å². The Bertz CT molecular complexity index is 275. The summed E-state index contributed by atoms with van der Waals surface area (Å²) >= 11 is 0. The number of rotatable bonds is 4. The molecule has 0 radical (unpaired) electrons. The van der Waals surface area contributed by atoms with E-state index < -0.39 is 0 Å². The fourth-order valence-electron chi connectivity index (χ4n) is 3.22. The van der Waals surface area contributed by atoms with E-state index in [-0.39, 0.29) is 18.6 Å². The molecule has 19 heavy (non-hydrogen) atoms. The Labute approximate surface area is 116 Å². The number of nitrogens with one attached hydrogen (secondary N) is 1. The molecule has 0 spiro atoms. The lowest BCUT2D eigenvalue weighted by Crippen LogP contribution is -2.44. The summed E-state index contributed by atoms with van der Waals surface area (Å²) in [6.07, 6.45) is 9.77. The molecule has 1 aliphatic carbocycles. The number of ether oxygens (including phenoxy) is 1. The molecule has 1 aliphatic heterocycles. The van der Waals surface area contributed by atoms with Crippen LogP contribution in [0.1, 0.15) is 51.4 Å². The van der Waals surface area contributed by atoms with Crippen LogP contribution in [0.2, 0.25) is 0 Å². The summed E-state index contributed by atoms with van der Waals surface area (Å²) in [6.45, 7) is 2.10. The lowest BCUT2D eigenvalue weighted by atomic mass is 9.92. The Hall–Kier alpha value is -0.610. The molecule has 2 fully saturated rings. The lowest BCUT2D eigenvalue weighted by Gasteiger charge is -2.31. The van der Waals surface area contributed by atoms with Gasteiger partial charge in [0.1, 0.15) is 6.61 Å². The quantitative estimate of drug-likeness (QED) is 0.847. The maximum absolute atomic E-state index is 12.2. The molecule has 1 N–H and O–H groups in total. The lowest BCUT2D eigenvalue weighted by molar-refractivity contribution is -0.139. The predicted molar refractivity (Wildman–Crippen MR) is 76.1 cm³/mol. The van der Waals surface area contributed by atoms with Gasteiger partial charge in [-0.15, -0.1) is 0 Å². The van der Waals surface area contributed by atoms with E-state index in [2.05, 4.69) is 5.32 Å². The number of likely N-dealkylation sites (N-methyl/N-ethyl adjacent to an activating group) is 1. The number of hydrogen-bond donors (Lipinski definition) is 1. The van der Waals surface area contributed by atoms with E-state index >= 15 is 0 Å². The highest BCUT2D eigenvalue weighted by Gasteiger charge is 2.26. The van der Waals surface area contributed by atoms with Gasteiger partial charge in [0.25, 0.3) is 0 Å². The smallest absolute Gasteiger partial charge is 0.248 e. The van der Waals surface area contributed by atoms with Crippen molar-refractivity contribution in [2.75, 3.05) is 26.7 Å². The van der Waals surface area contributed by atoms with Crippen LogP contribution in [0.15, 0.2) is 0 Å². The Balaban J connectivity index is 1.75. The van der Waals surface area contributed by atoms with Crippen LogP contribution in [-0.2, 0) is 9.53 Å². The highest BCUT2D eigenvalue weighted by atomic mass is 16.5. The first-order valence-electron chi connectivity index (χ1n) is 7.88. The second kappa shape index (κ2) is 7.85. The molecule has 2 atom stereocenters. The average molecular weight is 268 g/mol. The molecular formula is C15H28N2O2. The van der Waals surface area contributed by atoms with Gasteiger partial charge in [-0.05, 0) is 32.7 Å². The van der Waals surface area contributed by atoms with E-state index in [9.17, 15) is 4.79 Å². The molecular weight excluding hydrogens is 240 g/mol. The van der Waals surface area contributed by atoms with Crippen molar-refractivity contribution < 1.29 is 9.53 Å². The minimum atomic E-state index is 0.183. The molecule has 4 heteroatoms. The summed E-state index contributed by atoms with van der Waals surface area (Å²) in [5.74, 6) is 0.183. The van der Waals surface area contributed by atoms with Crippen LogP contribution in [0.5, 0.6) is 0 Å². The first-order chi connectivity index (χ1) is 9.31. The Morgan fingerprint density at radius 2 is 1.79 bits per heavy atom. The molecule has 0 bridgehead atoms. The van der Waals surface area contributed by atoms with E-state index in [1.165, 1.54) is 32.1 Å². The van der Waals surface area contributed by atoms with Gasteiger partial charge in [0.05, 0.1) is 6.10 Å². The van der Waals surface area contributed by atoms with Crippen LogP contribution in [-0.4, -0.2) is 49.7 Å². The second-order valence-corrected chi connectivity index (χ2v) is 5.82. The minimum absolute atomic E-state index is 0.183. The normalized spacial score (nSPS) is 29.0. The van der Waals surface area contributed by atoms with Gasteiger partial charge in [0, 0.05) is 19.1 Å². The molecule has 110 valence electrons. The third-order valence-electron chi connectivity index (χ3n) is 4.45. The zero-order valence-electron chi connectivity index (χ0n) is 12.2. The van der Waals surface area contributed by atoms with Crippen molar-refractivity contribution in [2.45, 2.75) is 63.5 Å². The van der Waals surface area contributed by atoms with Crippen molar-refractivity contribution in [2.24, 2.45) is 0 Å². The van der Waals surface area contributed by atoms with Gasteiger partial charge in [-0.1, -0.05) is 25.7 Å². The molecule has 0 aromatic heterocycles. The Morgan fingerprint density at radius 1 is 1.11 bits per heavy atom. The monoisotopic (exact) mass is 268 g/mol. The topological polar surface area (TPSA) is 41.6 Å². The summed E-state index contributed by atoms with van der Waals surface area (Å²) in [5, 5.41) is 3.32. The molecule has 1 amide bonds. The van der Waals surface area contributed by atoms with E-state index in [1.807, 2.05) is 11.9 Å². The fraction of sp³-hybridized carbons (Fsp3) is 0.933. The second-order valence-electron chi connectivity index (χ2n) is 5.82. The molecule has 1 saturated carbocycles. The highest BCUT2D eigenvalue weighted by molar-refractivity contribution is 5.77. The van der Waals surface area contributed by atoms with Gasteiger partial charge < -0.3 is 15.0 Å². The van der Waals surface area contributed by atoms with Gasteiger partial charge in [-0.2, -0.15) is 0 Å². The van der Waals surface area contributed by atoms with Crippen LogP contribution in [0, 0.1) is 0 Å². The third kappa shape index (κ3) is 4.46. The number of carbonyl (C=O) groups excluding carboxylic acids is 1. The first kappa shape index (κ1) is 14.8. The molecule has 2 aliphatic rings. The summed E-state index contributed by atoms with van der Waals surface area (Å²) in [7, 11) is 1.99. The number of likely N-dealkylation sites (tertiary alicyclic amines) is 1. The summed E-state index contributed by atoms with van der Waals surface area (Å²) < 4.78 is 5.89. The molecule has 2 unspecified atom stereocenters. The fourth-order valence-corrected chi connectivity index (χ4v) is 3.22. The average Bonchev–Trinajstić information content (AvgIpc) is 2.74. The van der Waals surface area contributed by atoms with Crippen molar-refractivity contribution >= 4 is 5.91 Å². The molecule has 0 aromatic rings. The van der Waals surface area contributed by atoms with Crippen molar-refractivity contribution in [3.05, 3.63) is 0 Å². The third-order valence-corrected chi connectivity index (χ3v) is 4.45. The van der Waals surface area contributed by atoms with Gasteiger partial charge in [-0.3, -0.25) is 4.79 Å². The molecule has 1 heterocycles. The summed E-state index contributed by atoms with van der Waals surface area (Å²) in [4.78, 5) is 14.2. The summed E-state index contributed by atoms with van der Waals surface area (Å²) in [6, 6.07) is 0.422. The molecule has 0 aromatic carbocycles. The molecule has 2 rings (SSSR count). The maximum Gasteiger partial charge on any atom is 0.248 e. The van der Waals surface area contributed by atoms with Crippen LogP contribution >= 0.6 is 0 Å². The number of amides is 1. The van der Waals surface area contributed by atoms with Gasteiger partial charge in [0.2, 0.25) is 5.91 Å². The van der Waals surface area contributed by atoms with Crippen LogP contribution in [0.25, 0.3) is 0 Å². The predicted octanol–water partition coefficient (Wildman–Crippen LogP) is 1.94. The number of carbonyl (C=O) groups is 1. The first-order valence-corrected chi connectivity index (χ1v) is 7.88. The molecule has 4 nitrogen and oxygen atoms in total. The van der Waals surface area contributed by atoms with E-state index in [1.54, 1.807) is 0 Å². The van der Waals surface area contributed by atoms with Gasteiger partial charge in [0.15, 0.2) is 0 Å². The maximum atomic E-state index is 12.2. The van der Waals surface area contributed by atoms with Crippen LogP contribution in [0.4, 0.5) is 0 Å². The summed E-state index contributed by atoms with van der Waals surface area (Å²) in [5.41, 5.74) is 0. The number of nitrogens with zero attached hydrogens (tertiary/aromatic N) is 1. The Kier molecular flexibility index (Phi) is 6.11. The van der Waals surface area contributed by atoms with Crippen molar-refractivity contribution in [3.63, 3.8) is 0 Å². The minimum Gasteiger partial charge on any atom is -0.367 e.